The Hall–Kier alpha value is -2.55. The molecule has 5 nitrogen and oxygen atoms in total. The number of hydrogen-bond donors (Lipinski definition) is 0. The van der Waals surface area contributed by atoms with Crippen molar-refractivity contribution < 1.29 is 14.2 Å². The number of aryl methyl sites for hydroxylation is 1. The average molecular weight is 379 g/mol. The summed E-state index contributed by atoms with van der Waals surface area (Å²) in [6, 6.07) is 11.5. The standard InChI is InChI=1S/C23H25NO4/c1-17-12-21(28-16-22-15-26-10-11-27-22)13-23(25)24(17)14-20-8-6-19(7-9-20)5-4-18-2-3-18/h6-9,12-13,18,22H,2-3,10-11,14-16H2,1H3/t22-/m1/s1. The van der Waals surface area contributed by atoms with Crippen molar-refractivity contribution in [2.24, 2.45) is 5.92 Å². The molecule has 1 atom stereocenters. The van der Waals surface area contributed by atoms with E-state index in [-0.39, 0.29) is 11.7 Å². The number of benzene rings is 1. The van der Waals surface area contributed by atoms with Crippen molar-refractivity contribution in [2.45, 2.75) is 32.4 Å². The van der Waals surface area contributed by atoms with Gasteiger partial charge in [0.05, 0.1) is 26.4 Å². The van der Waals surface area contributed by atoms with E-state index in [1.807, 2.05) is 37.3 Å². The molecule has 0 bridgehead atoms. The van der Waals surface area contributed by atoms with E-state index in [2.05, 4.69) is 11.8 Å². The van der Waals surface area contributed by atoms with Crippen molar-refractivity contribution in [2.75, 3.05) is 26.4 Å². The predicted molar refractivity (Wildman–Crippen MR) is 107 cm³/mol. The predicted octanol–water partition coefficient (Wildman–Crippen LogP) is 2.76. The zero-order chi connectivity index (χ0) is 19.3. The molecule has 0 radical (unpaired) electrons. The molecule has 2 aliphatic rings. The third-order valence-electron chi connectivity index (χ3n) is 4.92. The Morgan fingerprint density at radius 1 is 1.18 bits per heavy atom. The number of rotatable bonds is 5. The van der Waals surface area contributed by atoms with Crippen molar-refractivity contribution in [3.63, 3.8) is 0 Å². The Labute approximate surface area is 165 Å². The fourth-order valence-corrected chi connectivity index (χ4v) is 3.10. The minimum absolute atomic E-state index is 0.0755. The Morgan fingerprint density at radius 2 is 2.00 bits per heavy atom. The summed E-state index contributed by atoms with van der Waals surface area (Å²) in [6.07, 6.45) is 2.38. The Balaban J connectivity index is 1.40. The van der Waals surface area contributed by atoms with Crippen LogP contribution in [0.3, 0.4) is 0 Å². The smallest absolute Gasteiger partial charge is 0.254 e. The van der Waals surface area contributed by atoms with Gasteiger partial charge >= 0.3 is 0 Å². The zero-order valence-electron chi connectivity index (χ0n) is 16.1. The monoisotopic (exact) mass is 379 g/mol. The number of hydrogen-bond acceptors (Lipinski definition) is 4. The first-order valence-electron chi connectivity index (χ1n) is 9.81. The van der Waals surface area contributed by atoms with Crippen molar-refractivity contribution >= 4 is 0 Å². The lowest BCUT2D eigenvalue weighted by molar-refractivity contribution is -0.101. The van der Waals surface area contributed by atoms with Crippen LogP contribution < -0.4 is 10.3 Å². The number of pyridine rings is 1. The van der Waals surface area contributed by atoms with Crippen LogP contribution in [0.4, 0.5) is 0 Å². The van der Waals surface area contributed by atoms with E-state index in [9.17, 15) is 4.79 Å². The number of aromatic nitrogens is 1. The van der Waals surface area contributed by atoms with E-state index < -0.39 is 0 Å². The van der Waals surface area contributed by atoms with Gasteiger partial charge in [-0.15, -0.1) is 0 Å². The molecule has 146 valence electrons. The molecule has 1 saturated carbocycles. The maximum absolute atomic E-state index is 12.6. The summed E-state index contributed by atoms with van der Waals surface area (Å²) >= 11 is 0. The van der Waals surface area contributed by atoms with Crippen LogP contribution in [-0.4, -0.2) is 37.1 Å². The topological polar surface area (TPSA) is 49.7 Å². The number of ether oxygens (including phenoxy) is 3. The molecule has 1 saturated heterocycles. The Bertz CT molecular complexity index is 926. The van der Waals surface area contributed by atoms with E-state index in [1.165, 1.54) is 18.9 Å². The van der Waals surface area contributed by atoms with Crippen LogP contribution >= 0.6 is 0 Å². The minimum Gasteiger partial charge on any atom is -0.491 e. The molecule has 2 fully saturated rings. The molecule has 1 aromatic carbocycles. The molecule has 2 heterocycles. The van der Waals surface area contributed by atoms with Crippen LogP contribution in [0.15, 0.2) is 41.2 Å². The van der Waals surface area contributed by atoms with Crippen LogP contribution in [0.1, 0.15) is 29.7 Å². The van der Waals surface area contributed by atoms with Crippen molar-refractivity contribution in [3.05, 3.63) is 63.6 Å². The lowest BCUT2D eigenvalue weighted by atomic mass is 10.1. The van der Waals surface area contributed by atoms with Crippen LogP contribution in [0.25, 0.3) is 0 Å². The fourth-order valence-electron chi connectivity index (χ4n) is 3.10. The van der Waals surface area contributed by atoms with E-state index >= 15 is 0 Å². The van der Waals surface area contributed by atoms with Gasteiger partial charge in [-0.1, -0.05) is 24.0 Å². The first-order chi connectivity index (χ1) is 13.7. The molecule has 1 aliphatic heterocycles. The number of nitrogens with zero attached hydrogens (tertiary/aromatic N) is 1. The van der Waals surface area contributed by atoms with Crippen molar-refractivity contribution in [1.82, 2.24) is 4.57 Å². The molecule has 2 aromatic rings. The summed E-state index contributed by atoms with van der Waals surface area (Å²) in [5, 5.41) is 0. The summed E-state index contributed by atoms with van der Waals surface area (Å²) in [6.45, 7) is 4.56. The van der Waals surface area contributed by atoms with Gasteiger partial charge in [-0.2, -0.15) is 0 Å². The first-order valence-corrected chi connectivity index (χ1v) is 9.81. The summed E-state index contributed by atoms with van der Waals surface area (Å²) in [5.74, 6) is 7.65. The van der Waals surface area contributed by atoms with Gasteiger partial charge in [0.15, 0.2) is 0 Å². The molecule has 0 N–H and O–H groups in total. The lowest BCUT2D eigenvalue weighted by Gasteiger charge is -2.23. The Kier molecular flexibility index (Phi) is 5.80. The third-order valence-corrected chi connectivity index (χ3v) is 4.92. The molecule has 1 aliphatic carbocycles. The highest BCUT2D eigenvalue weighted by Crippen LogP contribution is 2.27. The lowest BCUT2D eigenvalue weighted by Crippen LogP contribution is -2.33. The van der Waals surface area contributed by atoms with E-state index in [0.717, 1.165) is 16.8 Å². The molecule has 5 heteroatoms. The van der Waals surface area contributed by atoms with Gasteiger partial charge in [-0.25, -0.2) is 0 Å². The van der Waals surface area contributed by atoms with Gasteiger partial charge in [0.25, 0.3) is 5.56 Å². The van der Waals surface area contributed by atoms with E-state index in [4.69, 9.17) is 14.2 Å². The van der Waals surface area contributed by atoms with Crippen molar-refractivity contribution in [1.29, 1.82) is 0 Å². The van der Waals surface area contributed by atoms with Crippen molar-refractivity contribution in [3.8, 4) is 17.6 Å². The maximum Gasteiger partial charge on any atom is 0.254 e. The molecule has 28 heavy (non-hydrogen) atoms. The molecule has 0 amide bonds. The summed E-state index contributed by atoms with van der Waals surface area (Å²) in [7, 11) is 0. The molecule has 0 spiro atoms. The minimum atomic E-state index is -0.0852. The average Bonchev–Trinajstić information content (AvgIpc) is 3.54. The summed E-state index contributed by atoms with van der Waals surface area (Å²) in [4.78, 5) is 12.6. The first kappa shape index (κ1) is 18.8. The van der Waals surface area contributed by atoms with Gasteiger partial charge < -0.3 is 18.8 Å². The fraction of sp³-hybridized carbons (Fsp3) is 0.435. The van der Waals surface area contributed by atoms with Crippen LogP contribution in [0.2, 0.25) is 0 Å². The maximum atomic E-state index is 12.6. The molecular weight excluding hydrogens is 354 g/mol. The normalized spacial score (nSPS) is 19.0. The zero-order valence-corrected chi connectivity index (χ0v) is 16.1. The van der Waals surface area contributed by atoms with Gasteiger partial charge in [0.1, 0.15) is 18.5 Å². The summed E-state index contributed by atoms with van der Waals surface area (Å²) < 4.78 is 18.4. The van der Waals surface area contributed by atoms with E-state index in [0.29, 0.717) is 44.6 Å². The quantitative estimate of drug-likeness (QED) is 0.750. The largest absolute Gasteiger partial charge is 0.491 e. The second-order valence-electron chi connectivity index (χ2n) is 7.38. The second-order valence-corrected chi connectivity index (χ2v) is 7.38. The highest BCUT2D eigenvalue weighted by Gasteiger charge is 2.17. The van der Waals surface area contributed by atoms with Crippen LogP contribution in [0, 0.1) is 24.7 Å². The van der Waals surface area contributed by atoms with Gasteiger partial charge in [0, 0.05) is 23.2 Å². The molecule has 1 aromatic heterocycles. The molecule has 4 rings (SSSR count). The van der Waals surface area contributed by atoms with Crippen LogP contribution in [-0.2, 0) is 16.0 Å². The second kappa shape index (κ2) is 8.64. The summed E-state index contributed by atoms with van der Waals surface area (Å²) in [5.41, 5.74) is 2.88. The van der Waals surface area contributed by atoms with E-state index in [1.54, 1.807) is 4.57 Å². The third kappa shape index (κ3) is 5.03. The van der Waals surface area contributed by atoms with Gasteiger partial charge in [0.2, 0.25) is 0 Å². The highest BCUT2D eigenvalue weighted by molar-refractivity contribution is 5.37. The molecular formula is C23H25NO4. The van der Waals surface area contributed by atoms with Gasteiger partial charge in [-0.05, 0) is 43.5 Å². The van der Waals surface area contributed by atoms with Gasteiger partial charge in [-0.3, -0.25) is 4.79 Å². The SMILES string of the molecule is Cc1cc(OC[C@H]2COCCO2)cc(=O)n1Cc1ccc(C#CC2CC2)cc1. The Morgan fingerprint density at radius 3 is 2.68 bits per heavy atom. The molecule has 0 unspecified atom stereocenters. The highest BCUT2D eigenvalue weighted by atomic mass is 16.6. The van der Waals surface area contributed by atoms with Crippen LogP contribution in [0.5, 0.6) is 5.75 Å².